The van der Waals surface area contributed by atoms with Crippen LogP contribution in [-0.2, 0) is 11.2 Å². The lowest BCUT2D eigenvalue weighted by Gasteiger charge is -2.25. The second-order valence-electron chi connectivity index (χ2n) is 6.30. The van der Waals surface area contributed by atoms with Gasteiger partial charge in [-0.2, -0.15) is 0 Å². The van der Waals surface area contributed by atoms with Crippen LogP contribution in [-0.4, -0.2) is 19.6 Å². The van der Waals surface area contributed by atoms with Crippen LogP contribution in [0, 0.1) is 17.8 Å². The summed E-state index contributed by atoms with van der Waals surface area (Å²) in [5, 5.41) is 3.07. The molecule has 0 aliphatic heterocycles. The van der Waals surface area contributed by atoms with Gasteiger partial charge in [0.1, 0.15) is 5.75 Å². The molecule has 0 atom stereocenters. The number of hydrogen-bond donors (Lipinski definition) is 1. The standard InChI is InChI=1S/C18H29NO2/c1-13(2)17(14(3)4)12-19-18(20)11-8-15-6-9-16(21-5)10-7-15/h6-7,9-10,13-14,17H,8,11-12H2,1-5H3,(H,19,20). The van der Waals surface area contributed by atoms with E-state index >= 15 is 0 Å². The van der Waals surface area contributed by atoms with Gasteiger partial charge in [0.25, 0.3) is 0 Å². The summed E-state index contributed by atoms with van der Waals surface area (Å²) in [5.74, 6) is 2.70. The molecule has 0 spiro atoms. The van der Waals surface area contributed by atoms with Crippen LogP contribution in [0.5, 0.6) is 5.75 Å². The second-order valence-corrected chi connectivity index (χ2v) is 6.30. The van der Waals surface area contributed by atoms with Crippen molar-refractivity contribution in [3.63, 3.8) is 0 Å². The van der Waals surface area contributed by atoms with Gasteiger partial charge in [-0.1, -0.05) is 39.8 Å². The van der Waals surface area contributed by atoms with E-state index in [0.717, 1.165) is 24.3 Å². The molecule has 0 saturated heterocycles. The fourth-order valence-corrected chi connectivity index (χ4v) is 2.61. The average molecular weight is 291 g/mol. The lowest BCUT2D eigenvalue weighted by atomic mass is 9.85. The highest BCUT2D eigenvalue weighted by molar-refractivity contribution is 5.76. The number of nitrogens with one attached hydrogen (secondary N) is 1. The molecule has 1 rings (SSSR count). The summed E-state index contributed by atoms with van der Waals surface area (Å²) in [4.78, 5) is 12.0. The quantitative estimate of drug-likeness (QED) is 0.793. The zero-order chi connectivity index (χ0) is 15.8. The number of methoxy groups -OCH3 is 1. The largest absolute Gasteiger partial charge is 0.497 e. The predicted molar refractivity (Wildman–Crippen MR) is 87.5 cm³/mol. The van der Waals surface area contributed by atoms with E-state index in [2.05, 4.69) is 33.0 Å². The van der Waals surface area contributed by atoms with Crippen molar-refractivity contribution in [3.8, 4) is 5.75 Å². The molecule has 3 nitrogen and oxygen atoms in total. The van der Waals surface area contributed by atoms with E-state index in [1.807, 2.05) is 24.3 Å². The fourth-order valence-electron chi connectivity index (χ4n) is 2.61. The van der Waals surface area contributed by atoms with E-state index in [0.29, 0.717) is 24.2 Å². The first-order valence-corrected chi connectivity index (χ1v) is 7.83. The van der Waals surface area contributed by atoms with Gasteiger partial charge < -0.3 is 10.1 Å². The van der Waals surface area contributed by atoms with Crippen molar-refractivity contribution in [2.75, 3.05) is 13.7 Å². The average Bonchev–Trinajstić information content (AvgIpc) is 2.45. The number of carbonyl (C=O) groups is 1. The van der Waals surface area contributed by atoms with E-state index in [9.17, 15) is 4.79 Å². The first-order chi connectivity index (χ1) is 9.93. The third-order valence-electron chi connectivity index (χ3n) is 4.05. The summed E-state index contributed by atoms with van der Waals surface area (Å²) in [6.07, 6.45) is 1.30. The molecule has 3 heteroatoms. The van der Waals surface area contributed by atoms with Crippen molar-refractivity contribution in [3.05, 3.63) is 29.8 Å². The van der Waals surface area contributed by atoms with E-state index < -0.39 is 0 Å². The Kier molecular flexibility index (Phi) is 7.27. The highest BCUT2D eigenvalue weighted by atomic mass is 16.5. The minimum absolute atomic E-state index is 0.136. The van der Waals surface area contributed by atoms with Gasteiger partial charge in [0.2, 0.25) is 5.91 Å². The zero-order valence-corrected chi connectivity index (χ0v) is 14.0. The molecule has 1 aromatic carbocycles. The van der Waals surface area contributed by atoms with Crippen LogP contribution in [0.25, 0.3) is 0 Å². The van der Waals surface area contributed by atoms with Crippen LogP contribution >= 0.6 is 0 Å². The Balaban J connectivity index is 2.36. The van der Waals surface area contributed by atoms with Gasteiger partial charge in [-0.15, -0.1) is 0 Å². The molecule has 0 aliphatic carbocycles. The minimum Gasteiger partial charge on any atom is -0.497 e. The van der Waals surface area contributed by atoms with Gasteiger partial charge in [-0.3, -0.25) is 4.79 Å². The molecular weight excluding hydrogens is 262 g/mol. The minimum atomic E-state index is 0.136. The molecule has 0 unspecified atom stereocenters. The number of carbonyl (C=O) groups excluding carboxylic acids is 1. The van der Waals surface area contributed by atoms with Gasteiger partial charge in [0, 0.05) is 13.0 Å². The van der Waals surface area contributed by atoms with Crippen molar-refractivity contribution < 1.29 is 9.53 Å². The van der Waals surface area contributed by atoms with E-state index in [-0.39, 0.29) is 5.91 Å². The normalized spacial score (nSPS) is 11.2. The molecular formula is C18H29NO2. The van der Waals surface area contributed by atoms with Crippen molar-refractivity contribution in [1.82, 2.24) is 5.32 Å². The Morgan fingerprint density at radius 1 is 1.10 bits per heavy atom. The van der Waals surface area contributed by atoms with Gasteiger partial charge in [-0.25, -0.2) is 0 Å². The summed E-state index contributed by atoms with van der Waals surface area (Å²) < 4.78 is 5.13. The monoisotopic (exact) mass is 291 g/mol. The summed E-state index contributed by atoms with van der Waals surface area (Å²) in [5.41, 5.74) is 1.16. The van der Waals surface area contributed by atoms with E-state index in [1.165, 1.54) is 0 Å². The first kappa shape index (κ1) is 17.5. The number of rotatable bonds is 8. The van der Waals surface area contributed by atoms with Crippen LogP contribution in [0.4, 0.5) is 0 Å². The van der Waals surface area contributed by atoms with Gasteiger partial charge in [0.05, 0.1) is 7.11 Å². The summed E-state index contributed by atoms with van der Waals surface area (Å²) in [6.45, 7) is 9.64. The lowest BCUT2D eigenvalue weighted by Crippen LogP contribution is -2.34. The van der Waals surface area contributed by atoms with Gasteiger partial charge in [-0.05, 0) is 41.9 Å². The fraction of sp³-hybridized carbons (Fsp3) is 0.611. The number of ether oxygens (including phenoxy) is 1. The molecule has 0 fully saturated rings. The lowest BCUT2D eigenvalue weighted by molar-refractivity contribution is -0.121. The second kappa shape index (κ2) is 8.71. The molecule has 1 N–H and O–H groups in total. The molecule has 0 saturated carbocycles. The maximum atomic E-state index is 12.0. The number of aryl methyl sites for hydroxylation is 1. The third kappa shape index (κ3) is 6.19. The Morgan fingerprint density at radius 2 is 1.67 bits per heavy atom. The van der Waals surface area contributed by atoms with Crippen LogP contribution in [0.3, 0.4) is 0 Å². The Morgan fingerprint density at radius 3 is 2.14 bits per heavy atom. The summed E-state index contributed by atoms with van der Waals surface area (Å²) in [6, 6.07) is 7.88. The highest BCUT2D eigenvalue weighted by Gasteiger charge is 2.17. The molecule has 1 aromatic rings. The molecule has 1 amide bonds. The third-order valence-corrected chi connectivity index (χ3v) is 4.05. The molecule has 0 heterocycles. The summed E-state index contributed by atoms with van der Waals surface area (Å²) in [7, 11) is 1.66. The van der Waals surface area contributed by atoms with Crippen molar-refractivity contribution >= 4 is 5.91 Å². The van der Waals surface area contributed by atoms with Crippen molar-refractivity contribution in [1.29, 1.82) is 0 Å². The molecule has 0 aliphatic rings. The molecule has 0 aromatic heterocycles. The maximum absolute atomic E-state index is 12.0. The van der Waals surface area contributed by atoms with Gasteiger partial charge >= 0.3 is 0 Å². The van der Waals surface area contributed by atoms with Gasteiger partial charge in [0.15, 0.2) is 0 Å². The predicted octanol–water partition coefficient (Wildman–Crippen LogP) is 3.67. The van der Waals surface area contributed by atoms with Crippen LogP contribution in [0.2, 0.25) is 0 Å². The molecule has 118 valence electrons. The SMILES string of the molecule is COc1ccc(CCC(=O)NCC(C(C)C)C(C)C)cc1. The Labute approximate surface area is 129 Å². The highest BCUT2D eigenvalue weighted by Crippen LogP contribution is 2.19. The van der Waals surface area contributed by atoms with E-state index in [4.69, 9.17) is 4.74 Å². The topological polar surface area (TPSA) is 38.3 Å². The first-order valence-electron chi connectivity index (χ1n) is 7.83. The summed E-state index contributed by atoms with van der Waals surface area (Å²) >= 11 is 0. The van der Waals surface area contributed by atoms with Crippen molar-refractivity contribution in [2.24, 2.45) is 17.8 Å². The van der Waals surface area contributed by atoms with Crippen LogP contribution in [0.15, 0.2) is 24.3 Å². The number of hydrogen-bond acceptors (Lipinski definition) is 2. The Hall–Kier alpha value is -1.51. The Bertz CT molecular complexity index is 415. The molecule has 0 radical (unpaired) electrons. The van der Waals surface area contributed by atoms with Crippen LogP contribution < -0.4 is 10.1 Å². The maximum Gasteiger partial charge on any atom is 0.220 e. The smallest absolute Gasteiger partial charge is 0.220 e. The van der Waals surface area contributed by atoms with Crippen molar-refractivity contribution in [2.45, 2.75) is 40.5 Å². The van der Waals surface area contributed by atoms with Crippen LogP contribution in [0.1, 0.15) is 39.7 Å². The zero-order valence-electron chi connectivity index (χ0n) is 14.0. The van der Waals surface area contributed by atoms with E-state index in [1.54, 1.807) is 7.11 Å². The molecule has 21 heavy (non-hydrogen) atoms. The number of benzene rings is 1. The molecule has 0 bridgehead atoms. The number of amides is 1.